The molecule has 0 rings (SSSR count). The number of allylic oxidation sites excluding steroid dienone is 1. The van der Waals surface area contributed by atoms with E-state index in [0.29, 0.717) is 16.9 Å². The molecule has 2 heteroatoms. The predicted octanol–water partition coefficient (Wildman–Crippen LogP) is 3.14. The molecule has 0 saturated carbocycles. The van der Waals surface area contributed by atoms with Crippen molar-refractivity contribution in [3.63, 3.8) is 0 Å². The monoisotopic (exact) mass is 185 g/mol. The Balaban J connectivity index is 4.34. The molecule has 0 unspecified atom stereocenters. The van der Waals surface area contributed by atoms with Crippen LogP contribution in [0.1, 0.15) is 27.7 Å². The first-order valence-electron chi connectivity index (χ1n) is 4.26. The molecular formula is C10H19NS. The molecule has 0 aliphatic carbocycles. The summed E-state index contributed by atoms with van der Waals surface area (Å²) in [6.07, 6.45) is 2.16. The summed E-state index contributed by atoms with van der Waals surface area (Å²) in [5.74, 6) is 0.534. The van der Waals surface area contributed by atoms with Crippen LogP contribution < -0.4 is 5.73 Å². The summed E-state index contributed by atoms with van der Waals surface area (Å²) in [6, 6.07) is 0. The molecule has 2 N–H and O–H groups in total. The van der Waals surface area contributed by atoms with Gasteiger partial charge in [-0.1, -0.05) is 40.3 Å². The molecule has 0 aromatic heterocycles. The van der Waals surface area contributed by atoms with E-state index >= 15 is 0 Å². The van der Waals surface area contributed by atoms with Crippen LogP contribution in [0.25, 0.3) is 0 Å². The Labute approximate surface area is 80.1 Å². The molecule has 0 saturated heterocycles. The second kappa shape index (κ2) is 5.31. The van der Waals surface area contributed by atoms with Crippen molar-refractivity contribution in [2.24, 2.45) is 11.7 Å². The fourth-order valence-corrected chi connectivity index (χ4v) is 1.79. The van der Waals surface area contributed by atoms with Crippen molar-refractivity contribution in [1.82, 2.24) is 0 Å². The minimum Gasteiger partial charge on any atom is -0.398 e. The molecule has 0 atom stereocenters. The minimum absolute atomic E-state index is 0.534. The normalized spacial score (nSPS) is 12.7. The molecule has 12 heavy (non-hydrogen) atoms. The number of thioether (sulfide) groups is 1. The van der Waals surface area contributed by atoms with E-state index in [1.165, 1.54) is 0 Å². The highest BCUT2D eigenvalue weighted by atomic mass is 32.2. The molecule has 0 aliphatic heterocycles. The zero-order valence-electron chi connectivity index (χ0n) is 8.42. The molecule has 0 amide bonds. The largest absolute Gasteiger partial charge is 0.398 e. The maximum Gasteiger partial charge on any atom is 0.0376 e. The standard InChI is InChI=1S/C10H19NS/c1-7(2)6-10(9(5)11)12-8(3)4/h6-8H,5,11H2,1-4H3/b10-6-. The first-order chi connectivity index (χ1) is 5.43. The van der Waals surface area contributed by atoms with E-state index in [9.17, 15) is 0 Å². The lowest BCUT2D eigenvalue weighted by Gasteiger charge is -2.10. The Morgan fingerprint density at radius 2 is 1.83 bits per heavy atom. The second-order valence-corrected chi connectivity index (χ2v) is 5.09. The summed E-state index contributed by atoms with van der Waals surface area (Å²) >= 11 is 1.77. The molecule has 0 spiro atoms. The van der Waals surface area contributed by atoms with Crippen LogP contribution in [0.4, 0.5) is 0 Å². The van der Waals surface area contributed by atoms with Crippen LogP contribution in [0.2, 0.25) is 0 Å². The van der Waals surface area contributed by atoms with Gasteiger partial charge in [-0.25, -0.2) is 0 Å². The summed E-state index contributed by atoms with van der Waals surface area (Å²) in [6.45, 7) is 12.3. The van der Waals surface area contributed by atoms with Gasteiger partial charge in [0.25, 0.3) is 0 Å². The Hall–Kier alpha value is -0.370. The lowest BCUT2D eigenvalue weighted by Crippen LogP contribution is -2.01. The van der Waals surface area contributed by atoms with Gasteiger partial charge in [-0.05, 0) is 5.92 Å². The first kappa shape index (κ1) is 11.6. The van der Waals surface area contributed by atoms with E-state index in [2.05, 4.69) is 40.3 Å². The summed E-state index contributed by atoms with van der Waals surface area (Å²) in [5, 5.41) is 0.565. The fraction of sp³-hybridized carbons (Fsp3) is 0.600. The highest BCUT2D eigenvalue weighted by molar-refractivity contribution is 8.03. The summed E-state index contributed by atoms with van der Waals surface area (Å²) < 4.78 is 0. The van der Waals surface area contributed by atoms with Gasteiger partial charge < -0.3 is 5.73 Å². The van der Waals surface area contributed by atoms with Crippen molar-refractivity contribution >= 4 is 11.8 Å². The highest BCUT2D eigenvalue weighted by Gasteiger charge is 2.03. The van der Waals surface area contributed by atoms with Gasteiger partial charge in [-0.15, -0.1) is 11.8 Å². The van der Waals surface area contributed by atoms with Gasteiger partial charge in [0.05, 0.1) is 0 Å². The lowest BCUT2D eigenvalue weighted by atomic mass is 10.2. The summed E-state index contributed by atoms with van der Waals surface area (Å²) in [4.78, 5) is 1.12. The van der Waals surface area contributed by atoms with Crippen LogP contribution in [0.5, 0.6) is 0 Å². The van der Waals surface area contributed by atoms with Gasteiger partial charge in [0, 0.05) is 15.9 Å². The highest BCUT2D eigenvalue weighted by Crippen LogP contribution is 2.25. The number of hydrogen-bond donors (Lipinski definition) is 1. The Kier molecular flexibility index (Phi) is 5.14. The van der Waals surface area contributed by atoms with Gasteiger partial charge in [0.2, 0.25) is 0 Å². The van der Waals surface area contributed by atoms with Gasteiger partial charge in [0.1, 0.15) is 0 Å². The van der Waals surface area contributed by atoms with E-state index in [0.717, 1.165) is 4.91 Å². The smallest absolute Gasteiger partial charge is 0.0376 e. The summed E-state index contributed by atoms with van der Waals surface area (Å²) in [5.41, 5.74) is 6.33. The van der Waals surface area contributed by atoms with Crippen molar-refractivity contribution in [3.05, 3.63) is 23.3 Å². The Morgan fingerprint density at radius 1 is 1.33 bits per heavy atom. The zero-order chi connectivity index (χ0) is 9.72. The van der Waals surface area contributed by atoms with E-state index in [4.69, 9.17) is 5.73 Å². The maximum absolute atomic E-state index is 5.65. The Morgan fingerprint density at radius 3 is 2.08 bits per heavy atom. The van der Waals surface area contributed by atoms with E-state index in [1.807, 2.05) is 0 Å². The van der Waals surface area contributed by atoms with Crippen LogP contribution in [-0.2, 0) is 0 Å². The fourth-order valence-electron chi connectivity index (χ4n) is 0.779. The third-order valence-corrected chi connectivity index (χ3v) is 2.29. The summed E-state index contributed by atoms with van der Waals surface area (Å²) in [7, 11) is 0. The number of nitrogens with two attached hydrogens (primary N) is 1. The minimum atomic E-state index is 0.534. The van der Waals surface area contributed by atoms with Gasteiger partial charge >= 0.3 is 0 Å². The average molecular weight is 185 g/mol. The first-order valence-corrected chi connectivity index (χ1v) is 5.14. The van der Waals surface area contributed by atoms with Gasteiger partial charge in [0.15, 0.2) is 0 Å². The third-order valence-electron chi connectivity index (χ3n) is 1.16. The molecule has 0 fully saturated rings. The van der Waals surface area contributed by atoms with Gasteiger partial charge in [-0.2, -0.15) is 0 Å². The Bertz CT molecular complexity index is 180. The molecule has 0 heterocycles. The molecular weight excluding hydrogens is 166 g/mol. The maximum atomic E-state index is 5.65. The van der Waals surface area contributed by atoms with Crippen molar-refractivity contribution in [1.29, 1.82) is 0 Å². The van der Waals surface area contributed by atoms with Crippen LogP contribution in [0.15, 0.2) is 23.3 Å². The van der Waals surface area contributed by atoms with E-state index in [1.54, 1.807) is 11.8 Å². The van der Waals surface area contributed by atoms with E-state index < -0.39 is 0 Å². The molecule has 0 aromatic carbocycles. The average Bonchev–Trinajstić information content (AvgIpc) is 1.83. The molecule has 0 bridgehead atoms. The van der Waals surface area contributed by atoms with E-state index in [-0.39, 0.29) is 0 Å². The molecule has 0 aliphatic rings. The van der Waals surface area contributed by atoms with Crippen molar-refractivity contribution < 1.29 is 0 Å². The number of rotatable bonds is 4. The molecule has 0 aromatic rings. The predicted molar refractivity (Wildman–Crippen MR) is 59.0 cm³/mol. The topological polar surface area (TPSA) is 26.0 Å². The van der Waals surface area contributed by atoms with Crippen LogP contribution >= 0.6 is 11.8 Å². The zero-order valence-corrected chi connectivity index (χ0v) is 9.24. The lowest BCUT2D eigenvalue weighted by molar-refractivity contribution is 0.828. The SMILES string of the molecule is C=C(N)/C(=C/C(C)C)SC(C)C. The van der Waals surface area contributed by atoms with Crippen LogP contribution in [-0.4, -0.2) is 5.25 Å². The van der Waals surface area contributed by atoms with Crippen molar-refractivity contribution in [2.45, 2.75) is 32.9 Å². The molecule has 1 nitrogen and oxygen atoms in total. The number of hydrogen-bond acceptors (Lipinski definition) is 2. The third kappa shape index (κ3) is 5.30. The van der Waals surface area contributed by atoms with Crippen molar-refractivity contribution in [3.8, 4) is 0 Å². The molecule has 0 radical (unpaired) electrons. The van der Waals surface area contributed by atoms with Crippen LogP contribution in [0.3, 0.4) is 0 Å². The van der Waals surface area contributed by atoms with Gasteiger partial charge in [-0.3, -0.25) is 0 Å². The second-order valence-electron chi connectivity index (χ2n) is 3.47. The quantitative estimate of drug-likeness (QED) is 0.681. The van der Waals surface area contributed by atoms with Crippen LogP contribution in [0, 0.1) is 5.92 Å². The molecule has 70 valence electrons. The van der Waals surface area contributed by atoms with Crippen molar-refractivity contribution in [2.75, 3.05) is 0 Å².